The van der Waals surface area contributed by atoms with Crippen LogP contribution in [0.2, 0.25) is 0 Å². The molecule has 0 N–H and O–H groups in total. The van der Waals surface area contributed by atoms with E-state index >= 15 is 0 Å². The van der Waals surface area contributed by atoms with Gasteiger partial charge in [-0.1, -0.05) is 42.0 Å². The van der Waals surface area contributed by atoms with Crippen LogP contribution in [0.3, 0.4) is 0 Å². The average Bonchev–Trinajstić information content (AvgIpc) is 3.24. The van der Waals surface area contributed by atoms with Crippen LogP contribution in [-0.2, 0) is 6.42 Å². The molecule has 5 heteroatoms. The Labute approximate surface area is 168 Å². The van der Waals surface area contributed by atoms with Gasteiger partial charge in [-0.3, -0.25) is 4.79 Å². The molecule has 0 saturated heterocycles. The number of halogens is 1. The first kappa shape index (κ1) is 18.6. The van der Waals surface area contributed by atoms with E-state index in [-0.39, 0.29) is 17.8 Å². The summed E-state index contributed by atoms with van der Waals surface area (Å²) in [4.78, 5) is 19.1. The molecule has 0 spiro atoms. The first-order valence-electron chi connectivity index (χ1n) is 9.32. The molecule has 0 atom stereocenters. The minimum absolute atomic E-state index is 0.150. The van der Waals surface area contributed by atoms with Gasteiger partial charge in [-0.15, -0.1) is 11.3 Å². The molecule has 3 aromatic rings. The lowest BCUT2D eigenvalue weighted by molar-refractivity contribution is 0.0989. The molecule has 0 unspecified atom stereocenters. The third-order valence-electron chi connectivity index (χ3n) is 5.15. The van der Waals surface area contributed by atoms with E-state index in [2.05, 4.69) is 28.9 Å². The molecule has 1 aliphatic rings. The maximum absolute atomic E-state index is 13.8. The second-order valence-corrected chi connectivity index (χ2v) is 7.89. The van der Waals surface area contributed by atoms with Crippen LogP contribution in [-0.4, -0.2) is 23.9 Å². The maximum atomic E-state index is 13.8. The molecule has 2 heterocycles. The number of nitrogens with zero attached hydrogens (tertiary/aromatic N) is 2. The molecule has 0 bridgehead atoms. The van der Waals surface area contributed by atoms with E-state index in [1.165, 1.54) is 28.8 Å². The molecule has 0 amide bonds. The van der Waals surface area contributed by atoms with E-state index in [4.69, 9.17) is 0 Å². The number of benzene rings is 2. The lowest BCUT2D eigenvalue weighted by Crippen LogP contribution is -2.30. The van der Waals surface area contributed by atoms with E-state index in [1.54, 1.807) is 23.5 Å². The number of thiazole rings is 1. The minimum Gasteiger partial charge on any atom is -0.343 e. The van der Waals surface area contributed by atoms with Crippen molar-refractivity contribution < 1.29 is 9.18 Å². The van der Waals surface area contributed by atoms with Gasteiger partial charge >= 0.3 is 0 Å². The number of carbonyl (C=O) groups excluding carboxylic acids is 1. The van der Waals surface area contributed by atoms with Gasteiger partial charge in [0.2, 0.25) is 0 Å². The largest absolute Gasteiger partial charge is 0.343 e. The zero-order chi connectivity index (χ0) is 19.5. The summed E-state index contributed by atoms with van der Waals surface area (Å²) in [6.07, 6.45) is 3.05. The van der Waals surface area contributed by atoms with Gasteiger partial charge in [0.05, 0.1) is 5.56 Å². The number of hydrogen-bond donors (Lipinski definition) is 0. The molecule has 3 nitrogen and oxygen atoms in total. The number of ketones is 1. The summed E-state index contributed by atoms with van der Waals surface area (Å²) in [5.41, 5.74) is 4.91. The van der Waals surface area contributed by atoms with Crippen LogP contribution in [0.25, 0.3) is 5.57 Å². The van der Waals surface area contributed by atoms with Crippen LogP contribution in [0.5, 0.6) is 0 Å². The van der Waals surface area contributed by atoms with Gasteiger partial charge in [-0.25, -0.2) is 9.37 Å². The Morgan fingerprint density at radius 1 is 1.18 bits per heavy atom. The van der Waals surface area contributed by atoms with Gasteiger partial charge in [0.15, 0.2) is 10.9 Å². The van der Waals surface area contributed by atoms with Crippen LogP contribution in [0, 0.1) is 5.82 Å². The van der Waals surface area contributed by atoms with E-state index in [0.717, 1.165) is 30.2 Å². The van der Waals surface area contributed by atoms with Crippen LogP contribution in [0.4, 0.5) is 9.52 Å². The Morgan fingerprint density at radius 3 is 2.68 bits per heavy atom. The van der Waals surface area contributed by atoms with Crippen molar-refractivity contribution in [2.45, 2.75) is 19.8 Å². The molecular formula is C23H21FN2OS. The molecular weight excluding hydrogens is 371 g/mol. The van der Waals surface area contributed by atoms with Crippen molar-refractivity contribution in [3.8, 4) is 0 Å². The molecule has 1 aromatic heterocycles. The van der Waals surface area contributed by atoms with E-state index in [1.807, 2.05) is 23.7 Å². The summed E-state index contributed by atoms with van der Waals surface area (Å²) in [6, 6.07) is 14.2. The summed E-state index contributed by atoms with van der Waals surface area (Å²) in [5.74, 6) is -0.664. The predicted octanol–water partition coefficient (Wildman–Crippen LogP) is 5.39. The normalized spacial score (nSPS) is 14.4. The SMILES string of the molecule is CC1=C(c2ccc(CC(=O)c3ccccc3F)cc2)CN(c2nccs2)CC1. The van der Waals surface area contributed by atoms with Crippen molar-refractivity contribution in [1.82, 2.24) is 4.98 Å². The summed E-state index contributed by atoms with van der Waals surface area (Å²) in [7, 11) is 0. The van der Waals surface area contributed by atoms with Crippen molar-refractivity contribution in [2.24, 2.45) is 0 Å². The zero-order valence-electron chi connectivity index (χ0n) is 15.7. The van der Waals surface area contributed by atoms with E-state index in [0.29, 0.717) is 0 Å². The lowest BCUT2D eigenvalue weighted by atomic mass is 9.93. The third kappa shape index (κ3) is 3.90. The highest BCUT2D eigenvalue weighted by molar-refractivity contribution is 7.13. The smallest absolute Gasteiger partial charge is 0.185 e. The first-order chi connectivity index (χ1) is 13.6. The molecule has 4 rings (SSSR count). The molecule has 2 aromatic carbocycles. The Morgan fingerprint density at radius 2 is 1.96 bits per heavy atom. The zero-order valence-corrected chi connectivity index (χ0v) is 16.5. The van der Waals surface area contributed by atoms with Crippen LogP contribution < -0.4 is 4.90 Å². The predicted molar refractivity (Wildman–Crippen MR) is 112 cm³/mol. The average molecular weight is 392 g/mol. The van der Waals surface area contributed by atoms with Crippen molar-refractivity contribution in [2.75, 3.05) is 18.0 Å². The molecule has 0 saturated carbocycles. The summed E-state index contributed by atoms with van der Waals surface area (Å²) in [5, 5.41) is 3.05. The summed E-state index contributed by atoms with van der Waals surface area (Å²) in [6.45, 7) is 4.01. The van der Waals surface area contributed by atoms with Crippen molar-refractivity contribution >= 4 is 27.8 Å². The van der Waals surface area contributed by atoms with Gasteiger partial charge in [0.25, 0.3) is 0 Å². The van der Waals surface area contributed by atoms with Gasteiger partial charge in [-0.2, -0.15) is 0 Å². The first-order valence-corrected chi connectivity index (χ1v) is 10.2. The van der Waals surface area contributed by atoms with Gasteiger partial charge in [0, 0.05) is 31.1 Å². The number of Topliss-reactive ketones (excluding diaryl/α,β-unsaturated/α-hetero) is 1. The second-order valence-electron chi connectivity index (χ2n) is 7.02. The summed E-state index contributed by atoms with van der Waals surface area (Å²) >= 11 is 1.66. The Hall–Kier alpha value is -2.79. The number of hydrogen-bond acceptors (Lipinski definition) is 4. The number of carbonyl (C=O) groups is 1. The third-order valence-corrected chi connectivity index (χ3v) is 5.98. The highest BCUT2D eigenvalue weighted by Gasteiger charge is 2.20. The minimum atomic E-state index is -0.464. The van der Waals surface area contributed by atoms with E-state index < -0.39 is 5.82 Å². The molecule has 1 aliphatic heterocycles. The fourth-order valence-electron chi connectivity index (χ4n) is 3.52. The molecule has 0 radical (unpaired) electrons. The Balaban J connectivity index is 1.50. The standard InChI is InChI=1S/C23H21FN2OS/c1-16-10-12-26(23-25-11-13-28-23)15-20(16)18-8-6-17(7-9-18)14-22(27)19-4-2-3-5-21(19)24/h2-9,11,13H,10,12,14-15H2,1H3. The van der Waals surface area contributed by atoms with Crippen LogP contribution >= 0.6 is 11.3 Å². The topological polar surface area (TPSA) is 33.2 Å². The Bertz CT molecular complexity index is 1010. The maximum Gasteiger partial charge on any atom is 0.185 e. The highest BCUT2D eigenvalue weighted by atomic mass is 32.1. The molecule has 28 heavy (non-hydrogen) atoms. The fraction of sp³-hybridized carbons (Fsp3) is 0.217. The second kappa shape index (κ2) is 8.07. The van der Waals surface area contributed by atoms with Crippen molar-refractivity contribution in [3.05, 3.63) is 88.2 Å². The molecule has 142 valence electrons. The highest BCUT2D eigenvalue weighted by Crippen LogP contribution is 2.30. The quantitative estimate of drug-likeness (QED) is 0.546. The number of rotatable bonds is 5. The molecule has 0 aliphatic carbocycles. The van der Waals surface area contributed by atoms with Crippen LogP contribution in [0.15, 0.2) is 65.7 Å². The Kier molecular flexibility index (Phi) is 5.35. The number of anilines is 1. The fourth-order valence-corrected chi connectivity index (χ4v) is 4.19. The van der Waals surface area contributed by atoms with Gasteiger partial charge < -0.3 is 4.90 Å². The lowest BCUT2D eigenvalue weighted by Gasteiger charge is -2.30. The monoisotopic (exact) mass is 392 g/mol. The van der Waals surface area contributed by atoms with Crippen LogP contribution in [0.1, 0.15) is 34.8 Å². The van der Waals surface area contributed by atoms with Crippen molar-refractivity contribution in [3.63, 3.8) is 0 Å². The molecule has 0 fully saturated rings. The van der Waals surface area contributed by atoms with Crippen molar-refractivity contribution in [1.29, 1.82) is 0 Å². The summed E-state index contributed by atoms with van der Waals surface area (Å²) < 4.78 is 13.8. The van der Waals surface area contributed by atoms with Gasteiger partial charge in [-0.05, 0) is 42.2 Å². The number of aromatic nitrogens is 1. The van der Waals surface area contributed by atoms with Gasteiger partial charge in [0.1, 0.15) is 5.82 Å². The van der Waals surface area contributed by atoms with E-state index in [9.17, 15) is 9.18 Å².